The predicted octanol–water partition coefficient (Wildman–Crippen LogP) is 2.22. The van der Waals surface area contributed by atoms with E-state index in [2.05, 4.69) is 15.5 Å². The number of fused-ring (bicyclic) bond motifs is 1. The summed E-state index contributed by atoms with van der Waals surface area (Å²) in [4.78, 5) is 12.0. The Hall–Kier alpha value is -2.57. The lowest BCUT2D eigenvalue weighted by molar-refractivity contribution is 0.0988. The summed E-state index contributed by atoms with van der Waals surface area (Å²) < 4.78 is 16.2. The number of nitrogens with zero attached hydrogens (tertiary/aromatic N) is 2. The van der Waals surface area contributed by atoms with Crippen LogP contribution in [0.4, 0.5) is 5.69 Å². The van der Waals surface area contributed by atoms with Crippen LogP contribution >= 0.6 is 0 Å². The van der Waals surface area contributed by atoms with Gasteiger partial charge in [0.2, 0.25) is 5.89 Å². The third kappa shape index (κ3) is 2.81. The molecule has 0 radical (unpaired) electrons. The quantitative estimate of drug-likeness (QED) is 0.932. The highest BCUT2D eigenvalue weighted by atomic mass is 16.6. The minimum absolute atomic E-state index is 0.0615. The molecule has 0 unspecified atom stereocenters. The van der Waals surface area contributed by atoms with Crippen molar-refractivity contribution in [2.45, 2.75) is 19.8 Å². The van der Waals surface area contributed by atoms with Gasteiger partial charge in [-0.2, -0.15) is 0 Å². The molecular weight excluding hydrogens is 274 g/mol. The fraction of sp³-hybridized carbons (Fsp3) is 0.357. The molecule has 1 aliphatic heterocycles. The van der Waals surface area contributed by atoms with Crippen LogP contribution < -0.4 is 14.8 Å². The summed E-state index contributed by atoms with van der Waals surface area (Å²) in [5.41, 5.74) is 0.577. The number of anilines is 1. The van der Waals surface area contributed by atoms with Crippen LogP contribution in [-0.2, 0) is 0 Å². The number of amides is 1. The molecule has 2 aromatic rings. The van der Waals surface area contributed by atoms with Gasteiger partial charge in [0.05, 0.1) is 0 Å². The number of hydrogen-bond donors (Lipinski definition) is 1. The van der Waals surface area contributed by atoms with Crippen LogP contribution in [0.15, 0.2) is 22.6 Å². The molecule has 1 aliphatic rings. The van der Waals surface area contributed by atoms with Crippen LogP contribution in [0.2, 0.25) is 0 Å². The number of carbonyl (C=O) groups excluding carboxylic acids is 1. The number of ether oxygens (including phenoxy) is 2. The molecule has 0 aliphatic carbocycles. The highest BCUT2D eigenvalue weighted by molar-refractivity contribution is 6.00. The Bertz CT molecular complexity index is 666. The molecule has 7 nitrogen and oxygen atoms in total. The standard InChI is InChI=1S/C14H15N3O4/c1-8(2)13-16-17-14(21-13)12(18)15-9-3-4-10-11(7-9)20-6-5-19-10/h3-4,7-8H,5-6H2,1-2H3,(H,15,18). The molecule has 1 aromatic carbocycles. The maximum absolute atomic E-state index is 12.0. The first-order chi connectivity index (χ1) is 10.1. The maximum Gasteiger partial charge on any atom is 0.313 e. The van der Waals surface area contributed by atoms with Gasteiger partial charge in [-0.25, -0.2) is 0 Å². The molecule has 2 heterocycles. The van der Waals surface area contributed by atoms with Crippen molar-refractivity contribution >= 4 is 11.6 Å². The average Bonchev–Trinajstić information content (AvgIpc) is 2.97. The third-order valence-electron chi connectivity index (χ3n) is 2.93. The van der Waals surface area contributed by atoms with Gasteiger partial charge in [-0.05, 0) is 12.1 Å². The lowest BCUT2D eigenvalue weighted by Crippen LogP contribution is -2.16. The molecule has 0 spiro atoms. The Kier molecular flexibility index (Phi) is 3.47. The Labute approximate surface area is 121 Å². The molecule has 0 saturated carbocycles. The zero-order chi connectivity index (χ0) is 14.8. The molecule has 0 bridgehead atoms. The molecule has 1 aromatic heterocycles. The van der Waals surface area contributed by atoms with Gasteiger partial charge in [-0.15, -0.1) is 10.2 Å². The lowest BCUT2D eigenvalue weighted by Gasteiger charge is -2.18. The van der Waals surface area contributed by atoms with Gasteiger partial charge in [-0.3, -0.25) is 4.79 Å². The van der Waals surface area contributed by atoms with E-state index in [0.29, 0.717) is 36.3 Å². The third-order valence-corrected chi connectivity index (χ3v) is 2.93. The van der Waals surface area contributed by atoms with Crippen LogP contribution in [0.1, 0.15) is 36.3 Å². The molecule has 110 valence electrons. The van der Waals surface area contributed by atoms with Crippen LogP contribution in [-0.4, -0.2) is 29.3 Å². The molecule has 3 rings (SSSR count). The van der Waals surface area contributed by atoms with Crippen LogP contribution in [0, 0.1) is 0 Å². The summed E-state index contributed by atoms with van der Waals surface area (Å²) >= 11 is 0. The number of rotatable bonds is 3. The van der Waals surface area contributed by atoms with Gasteiger partial charge in [-0.1, -0.05) is 13.8 Å². The maximum atomic E-state index is 12.0. The first-order valence-electron chi connectivity index (χ1n) is 6.68. The van der Waals surface area contributed by atoms with Crippen molar-refractivity contribution in [3.8, 4) is 11.5 Å². The van der Waals surface area contributed by atoms with E-state index in [0.717, 1.165) is 0 Å². The van der Waals surface area contributed by atoms with E-state index >= 15 is 0 Å². The molecular formula is C14H15N3O4. The van der Waals surface area contributed by atoms with Gasteiger partial charge in [0.25, 0.3) is 0 Å². The van der Waals surface area contributed by atoms with Crippen LogP contribution in [0.5, 0.6) is 11.5 Å². The minimum atomic E-state index is -0.453. The number of hydrogen-bond acceptors (Lipinski definition) is 6. The monoisotopic (exact) mass is 289 g/mol. The summed E-state index contributed by atoms with van der Waals surface area (Å²) in [5.74, 6) is 1.27. The fourth-order valence-electron chi connectivity index (χ4n) is 1.87. The van der Waals surface area contributed by atoms with Gasteiger partial charge < -0.3 is 19.2 Å². The number of benzene rings is 1. The van der Waals surface area contributed by atoms with Gasteiger partial charge in [0, 0.05) is 17.7 Å². The predicted molar refractivity (Wildman–Crippen MR) is 73.8 cm³/mol. The lowest BCUT2D eigenvalue weighted by atomic mass is 10.2. The van der Waals surface area contributed by atoms with E-state index in [-0.39, 0.29) is 11.8 Å². The van der Waals surface area contributed by atoms with Crippen molar-refractivity contribution < 1.29 is 18.7 Å². The van der Waals surface area contributed by atoms with E-state index in [1.54, 1.807) is 18.2 Å². The largest absolute Gasteiger partial charge is 0.486 e. The second-order valence-corrected chi connectivity index (χ2v) is 4.91. The van der Waals surface area contributed by atoms with Crippen LogP contribution in [0.25, 0.3) is 0 Å². The molecule has 21 heavy (non-hydrogen) atoms. The van der Waals surface area contributed by atoms with E-state index < -0.39 is 5.91 Å². The molecule has 0 saturated heterocycles. The Balaban J connectivity index is 1.74. The molecule has 0 atom stereocenters. The fourth-order valence-corrected chi connectivity index (χ4v) is 1.87. The summed E-state index contributed by atoms with van der Waals surface area (Å²) in [5, 5.41) is 10.3. The van der Waals surface area contributed by atoms with E-state index in [4.69, 9.17) is 13.9 Å². The summed E-state index contributed by atoms with van der Waals surface area (Å²) in [6.45, 7) is 4.84. The van der Waals surface area contributed by atoms with Crippen molar-refractivity contribution in [1.82, 2.24) is 10.2 Å². The smallest absolute Gasteiger partial charge is 0.313 e. The molecule has 7 heteroatoms. The van der Waals surface area contributed by atoms with Gasteiger partial charge in [0.1, 0.15) is 13.2 Å². The zero-order valence-electron chi connectivity index (χ0n) is 11.8. The molecule has 0 fully saturated rings. The van der Waals surface area contributed by atoms with Gasteiger partial charge >= 0.3 is 11.8 Å². The van der Waals surface area contributed by atoms with Crippen molar-refractivity contribution in [1.29, 1.82) is 0 Å². The summed E-state index contributed by atoms with van der Waals surface area (Å²) in [6, 6.07) is 5.18. The zero-order valence-corrected chi connectivity index (χ0v) is 11.8. The van der Waals surface area contributed by atoms with E-state index in [1.165, 1.54) is 0 Å². The van der Waals surface area contributed by atoms with Crippen molar-refractivity contribution in [3.63, 3.8) is 0 Å². The Morgan fingerprint density at radius 3 is 2.67 bits per heavy atom. The highest BCUT2D eigenvalue weighted by Crippen LogP contribution is 2.32. The first kappa shape index (κ1) is 13.4. The minimum Gasteiger partial charge on any atom is -0.486 e. The Morgan fingerprint density at radius 1 is 1.19 bits per heavy atom. The summed E-state index contributed by atoms with van der Waals surface area (Å²) in [7, 11) is 0. The number of nitrogens with one attached hydrogen (secondary N) is 1. The van der Waals surface area contributed by atoms with Gasteiger partial charge in [0.15, 0.2) is 11.5 Å². The van der Waals surface area contributed by atoms with Crippen molar-refractivity contribution in [2.24, 2.45) is 0 Å². The van der Waals surface area contributed by atoms with Crippen LogP contribution in [0.3, 0.4) is 0 Å². The Morgan fingerprint density at radius 2 is 1.95 bits per heavy atom. The SMILES string of the molecule is CC(C)c1nnc(C(=O)Nc2ccc3c(c2)OCCO3)o1. The summed E-state index contributed by atoms with van der Waals surface area (Å²) in [6.07, 6.45) is 0. The first-order valence-corrected chi connectivity index (χ1v) is 6.68. The topological polar surface area (TPSA) is 86.5 Å². The van der Waals surface area contributed by atoms with E-state index in [9.17, 15) is 4.79 Å². The van der Waals surface area contributed by atoms with E-state index in [1.807, 2.05) is 13.8 Å². The highest BCUT2D eigenvalue weighted by Gasteiger charge is 2.18. The molecule has 1 amide bonds. The second-order valence-electron chi connectivity index (χ2n) is 4.91. The molecule has 1 N–H and O–H groups in total. The normalized spacial score (nSPS) is 13.3. The van der Waals surface area contributed by atoms with Crippen molar-refractivity contribution in [2.75, 3.05) is 18.5 Å². The number of carbonyl (C=O) groups is 1. The second kappa shape index (κ2) is 5.43. The van der Waals surface area contributed by atoms with Crippen molar-refractivity contribution in [3.05, 3.63) is 30.0 Å². The average molecular weight is 289 g/mol. The number of aromatic nitrogens is 2.